The molecule has 0 bridgehead atoms. The van der Waals surface area contributed by atoms with Gasteiger partial charge in [-0.05, 0) is 12.1 Å². The first kappa shape index (κ1) is 11.9. The number of pyridine rings is 1. The van der Waals surface area contributed by atoms with Gasteiger partial charge in [0, 0.05) is 25.5 Å². The van der Waals surface area contributed by atoms with Crippen LogP contribution in [0.25, 0.3) is 5.65 Å². The quantitative estimate of drug-likeness (QED) is 0.822. The van der Waals surface area contributed by atoms with Crippen molar-refractivity contribution in [3.8, 4) is 0 Å². The molecule has 0 radical (unpaired) electrons. The van der Waals surface area contributed by atoms with Crippen molar-refractivity contribution in [2.75, 3.05) is 6.54 Å². The van der Waals surface area contributed by atoms with E-state index < -0.39 is 12.5 Å². The van der Waals surface area contributed by atoms with Gasteiger partial charge in [-0.15, -0.1) is 0 Å². The molecule has 2 heterocycles. The number of imidazole rings is 1. The van der Waals surface area contributed by atoms with E-state index >= 15 is 0 Å². The van der Waals surface area contributed by atoms with Crippen LogP contribution in [0.5, 0.6) is 0 Å². The van der Waals surface area contributed by atoms with Crippen LogP contribution in [0.4, 0.5) is 8.78 Å². The summed E-state index contributed by atoms with van der Waals surface area (Å²) in [5, 5.41) is 11.6. The van der Waals surface area contributed by atoms with Crippen molar-refractivity contribution in [1.29, 1.82) is 0 Å². The van der Waals surface area contributed by atoms with E-state index in [1.807, 2.05) is 35.0 Å². The number of aliphatic hydroxyl groups excluding tert-OH is 1. The molecule has 0 saturated carbocycles. The number of nitrogens with one attached hydrogen (secondary N) is 1. The van der Waals surface area contributed by atoms with Gasteiger partial charge < -0.3 is 14.8 Å². The summed E-state index contributed by atoms with van der Waals surface area (Å²) in [5.74, 6) is 0. The fourth-order valence-corrected chi connectivity index (χ4v) is 1.51. The normalized spacial score (nSPS) is 13.4. The van der Waals surface area contributed by atoms with Crippen molar-refractivity contribution in [3.05, 3.63) is 36.3 Å². The summed E-state index contributed by atoms with van der Waals surface area (Å²) in [7, 11) is 0. The number of nitrogens with zero attached hydrogens (tertiary/aromatic N) is 2. The Morgan fingerprint density at radius 1 is 1.41 bits per heavy atom. The number of hydrogen-bond acceptors (Lipinski definition) is 3. The fourth-order valence-electron chi connectivity index (χ4n) is 1.51. The number of halogens is 2. The second-order valence-electron chi connectivity index (χ2n) is 3.73. The molecule has 1 unspecified atom stereocenters. The van der Waals surface area contributed by atoms with Crippen LogP contribution < -0.4 is 5.32 Å². The second-order valence-corrected chi connectivity index (χ2v) is 3.73. The van der Waals surface area contributed by atoms with E-state index in [9.17, 15) is 8.78 Å². The van der Waals surface area contributed by atoms with Crippen LogP contribution in [0.3, 0.4) is 0 Å². The number of rotatable bonds is 5. The van der Waals surface area contributed by atoms with Crippen LogP contribution in [0.2, 0.25) is 0 Å². The Bertz CT molecular complexity index is 453. The minimum atomic E-state index is -2.72. The molecule has 0 spiro atoms. The van der Waals surface area contributed by atoms with Gasteiger partial charge >= 0.3 is 0 Å². The van der Waals surface area contributed by atoms with E-state index in [1.54, 1.807) is 0 Å². The zero-order valence-corrected chi connectivity index (χ0v) is 9.05. The molecule has 4 nitrogen and oxygen atoms in total. The number of fused-ring (bicyclic) bond motifs is 1. The molecule has 2 rings (SSSR count). The molecule has 0 aliphatic heterocycles. The van der Waals surface area contributed by atoms with Gasteiger partial charge in [0.25, 0.3) is 6.43 Å². The van der Waals surface area contributed by atoms with Gasteiger partial charge in [-0.2, -0.15) is 0 Å². The molecule has 0 aliphatic carbocycles. The molecule has 17 heavy (non-hydrogen) atoms. The zero-order chi connectivity index (χ0) is 12.3. The summed E-state index contributed by atoms with van der Waals surface area (Å²) >= 11 is 0. The third-order valence-electron chi connectivity index (χ3n) is 2.36. The number of aromatic nitrogens is 2. The Balaban J connectivity index is 1.91. The predicted molar refractivity (Wildman–Crippen MR) is 58.9 cm³/mol. The average Bonchev–Trinajstić information content (AvgIpc) is 2.71. The molecule has 1 atom stereocenters. The minimum Gasteiger partial charge on any atom is -0.386 e. The first-order chi connectivity index (χ1) is 8.16. The standard InChI is InChI=1S/C11H13F2N3O/c12-11(13)9(17)6-14-5-8-7-16-4-2-1-3-10(16)15-8/h1-4,7,9,11,14,17H,5-6H2. The highest BCUT2D eigenvalue weighted by Gasteiger charge is 2.15. The maximum atomic E-state index is 12.0. The van der Waals surface area contributed by atoms with Gasteiger partial charge in [0.1, 0.15) is 11.8 Å². The molecular formula is C11H13F2N3O. The molecule has 6 heteroatoms. The van der Waals surface area contributed by atoms with Crippen molar-refractivity contribution in [2.45, 2.75) is 19.1 Å². The van der Waals surface area contributed by atoms with Crippen LogP contribution in [0, 0.1) is 0 Å². The predicted octanol–water partition coefficient (Wildman–Crippen LogP) is 1.05. The van der Waals surface area contributed by atoms with Crippen molar-refractivity contribution in [2.24, 2.45) is 0 Å². The largest absolute Gasteiger partial charge is 0.386 e. The molecule has 0 saturated heterocycles. The third kappa shape index (κ3) is 2.98. The van der Waals surface area contributed by atoms with Crippen LogP contribution in [-0.2, 0) is 6.54 Å². The first-order valence-corrected chi connectivity index (χ1v) is 5.26. The minimum absolute atomic E-state index is 0.147. The smallest absolute Gasteiger partial charge is 0.265 e. The number of hydrogen-bond donors (Lipinski definition) is 2. The van der Waals surface area contributed by atoms with Gasteiger partial charge in [-0.25, -0.2) is 13.8 Å². The molecule has 2 aromatic heterocycles. The Kier molecular flexibility index (Phi) is 3.65. The highest BCUT2D eigenvalue weighted by atomic mass is 19.3. The molecule has 0 aromatic carbocycles. The molecule has 0 amide bonds. The summed E-state index contributed by atoms with van der Waals surface area (Å²) in [6, 6.07) is 5.62. The topological polar surface area (TPSA) is 49.6 Å². The van der Waals surface area contributed by atoms with E-state index in [2.05, 4.69) is 10.3 Å². The average molecular weight is 241 g/mol. The Morgan fingerprint density at radius 2 is 2.24 bits per heavy atom. The lowest BCUT2D eigenvalue weighted by atomic mass is 10.3. The lowest BCUT2D eigenvalue weighted by Gasteiger charge is -2.09. The maximum absolute atomic E-state index is 12.0. The lowest BCUT2D eigenvalue weighted by molar-refractivity contribution is -0.00343. The highest BCUT2D eigenvalue weighted by molar-refractivity contribution is 5.39. The van der Waals surface area contributed by atoms with Gasteiger partial charge in [0.15, 0.2) is 0 Å². The Labute approximate surface area is 96.9 Å². The third-order valence-corrected chi connectivity index (χ3v) is 2.36. The van der Waals surface area contributed by atoms with Crippen molar-refractivity contribution in [1.82, 2.24) is 14.7 Å². The molecule has 2 aromatic rings. The summed E-state index contributed by atoms with van der Waals surface area (Å²) < 4.78 is 25.9. The van der Waals surface area contributed by atoms with Crippen molar-refractivity contribution in [3.63, 3.8) is 0 Å². The van der Waals surface area contributed by atoms with Gasteiger partial charge in [-0.1, -0.05) is 6.07 Å². The van der Waals surface area contributed by atoms with Crippen molar-refractivity contribution >= 4 is 5.65 Å². The summed E-state index contributed by atoms with van der Waals surface area (Å²) in [4.78, 5) is 4.29. The lowest BCUT2D eigenvalue weighted by Crippen LogP contribution is -2.31. The van der Waals surface area contributed by atoms with E-state index in [1.165, 1.54) is 0 Å². The van der Waals surface area contributed by atoms with Gasteiger partial charge in [0.2, 0.25) is 0 Å². The summed E-state index contributed by atoms with van der Waals surface area (Å²) in [5.41, 5.74) is 1.55. The summed E-state index contributed by atoms with van der Waals surface area (Å²) in [6.45, 7) is 0.205. The number of aliphatic hydroxyl groups is 1. The van der Waals surface area contributed by atoms with Gasteiger partial charge in [-0.3, -0.25) is 0 Å². The van der Waals surface area contributed by atoms with E-state index in [-0.39, 0.29) is 6.54 Å². The Hall–Kier alpha value is -1.53. The summed E-state index contributed by atoms with van der Waals surface area (Å²) in [6.07, 6.45) is -0.674. The van der Waals surface area contributed by atoms with E-state index in [0.717, 1.165) is 11.3 Å². The maximum Gasteiger partial charge on any atom is 0.265 e. The SMILES string of the molecule is OC(CNCc1cn2ccccc2n1)C(F)F. The fraction of sp³-hybridized carbons (Fsp3) is 0.364. The van der Waals surface area contributed by atoms with Crippen LogP contribution in [-0.4, -0.2) is 33.6 Å². The van der Waals surface area contributed by atoms with E-state index in [0.29, 0.717) is 6.54 Å². The van der Waals surface area contributed by atoms with E-state index in [4.69, 9.17) is 5.11 Å². The monoisotopic (exact) mass is 241 g/mol. The van der Waals surface area contributed by atoms with Crippen LogP contribution >= 0.6 is 0 Å². The molecule has 0 aliphatic rings. The second kappa shape index (κ2) is 5.20. The molecule has 92 valence electrons. The van der Waals surface area contributed by atoms with Crippen molar-refractivity contribution < 1.29 is 13.9 Å². The van der Waals surface area contributed by atoms with Gasteiger partial charge in [0.05, 0.1) is 5.69 Å². The zero-order valence-electron chi connectivity index (χ0n) is 9.05. The molecule has 0 fully saturated rings. The molecule has 2 N–H and O–H groups in total. The number of alkyl halides is 2. The Morgan fingerprint density at radius 3 is 2.94 bits per heavy atom. The molecular weight excluding hydrogens is 228 g/mol. The van der Waals surface area contributed by atoms with Crippen LogP contribution in [0.1, 0.15) is 5.69 Å². The van der Waals surface area contributed by atoms with Crippen LogP contribution in [0.15, 0.2) is 30.6 Å². The first-order valence-electron chi connectivity index (χ1n) is 5.26. The highest BCUT2D eigenvalue weighted by Crippen LogP contribution is 2.04.